The molecule has 2 rings (SSSR count). The number of carbonyl (C=O) groups is 2. The molecule has 0 aliphatic carbocycles. The van der Waals surface area contributed by atoms with E-state index in [1.54, 1.807) is 36.9 Å². The van der Waals surface area contributed by atoms with E-state index in [-0.39, 0.29) is 37.4 Å². The van der Waals surface area contributed by atoms with E-state index in [1.165, 1.54) is 4.31 Å². The molecule has 9 heteroatoms. The Morgan fingerprint density at radius 2 is 1.71 bits per heavy atom. The molecular formula is C26H36ClN3O4S. The Hall–Kier alpha value is -2.58. The van der Waals surface area contributed by atoms with Crippen molar-refractivity contribution in [2.75, 3.05) is 17.1 Å². The van der Waals surface area contributed by atoms with Crippen molar-refractivity contribution in [1.29, 1.82) is 0 Å². The highest BCUT2D eigenvalue weighted by Crippen LogP contribution is 2.28. The van der Waals surface area contributed by atoms with Crippen LogP contribution in [0.3, 0.4) is 0 Å². The standard InChI is InChI=1S/C26H36ClN3O4S/c1-18(2)28-26(32)21(5)29(17-22-11-7-10-19(3)16-22)25(31)14-9-15-30(35(6,33)34)24-13-8-12-23(27)20(24)4/h7-8,10-13,16,18,21H,9,14-15,17H2,1-6H3,(H,28,32)/t21-/m0/s1. The average Bonchev–Trinajstić information content (AvgIpc) is 2.75. The van der Waals surface area contributed by atoms with Crippen LogP contribution in [0, 0.1) is 13.8 Å². The first-order valence-corrected chi connectivity index (χ1v) is 13.9. The molecule has 1 atom stereocenters. The van der Waals surface area contributed by atoms with Gasteiger partial charge in [-0.15, -0.1) is 0 Å². The number of nitrogens with one attached hydrogen (secondary N) is 1. The van der Waals surface area contributed by atoms with Crippen LogP contribution in [0.1, 0.15) is 50.3 Å². The van der Waals surface area contributed by atoms with Crippen LogP contribution in [0.2, 0.25) is 5.02 Å². The summed E-state index contributed by atoms with van der Waals surface area (Å²) >= 11 is 6.20. The number of hydrogen-bond donors (Lipinski definition) is 1. The molecule has 35 heavy (non-hydrogen) atoms. The van der Waals surface area contributed by atoms with Crippen molar-refractivity contribution in [3.63, 3.8) is 0 Å². The number of sulfonamides is 1. The number of carbonyl (C=O) groups excluding carboxylic acids is 2. The molecule has 0 radical (unpaired) electrons. The summed E-state index contributed by atoms with van der Waals surface area (Å²) < 4.78 is 26.3. The second kappa shape index (κ2) is 12.4. The first kappa shape index (κ1) is 28.7. The smallest absolute Gasteiger partial charge is 0.242 e. The SMILES string of the molecule is Cc1cccc(CN(C(=O)CCCN(c2cccc(Cl)c2C)S(C)(=O)=O)[C@@H](C)C(=O)NC(C)C)c1. The van der Waals surface area contributed by atoms with Crippen molar-refractivity contribution in [2.24, 2.45) is 0 Å². The fraction of sp³-hybridized carbons (Fsp3) is 0.462. The number of aryl methyl sites for hydroxylation is 1. The van der Waals surface area contributed by atoms with Crippen molar-refractivity contribution in [1.82, 2.24) is 10.2 Å². The summed E-state index contributed by atoms with van der Waals surface area (Å²) in [5.41, 5.74) is 3.14. The Labute approximate surface area is 214 Å². The van der Waals surface area contributed by atoms with E-state index < -0.39 is 16.1 Å². The number of nitrogens with zero attached hydrogens (tertiary/aromatic N) is 2. The summed E-state index contributed by atoms with van der Waals surface area (Å²) in [4.78, 5) is 27.6. The zero-order chi connectivity index (χ0) is 26.3. The van der Waals surface area contributed by atoms with E-state index in [4.69, 9.17) is 11.6 Å². The predicted octanol–water partition coefficient (Wildman–Crippen LogP) is 4.44. The maximum absolute atomic E-state index is 13.3. The Morgan fingerprint density at radius 3 is 2.31 bits per heavy atom. The number of amides is 2. The molecule has 0 saturated heterocycles. The molecule has 0 bridgehead atoms. The van der Waals surface area contributed by atoms with Crippen LogP contribution >= 0.6 is 11.6 Å². The molecule has 0 fully saturated rings. The van der Waals surface area contributed by atoms with E-state index in [0.717, 1.165) is 17.4 Å². The number of halogens is 1. The van der Waals surface area contributed by atoms with E-state index in [1.807, 2.05) is 45.0 Å². The van der Waals surface area contributed by atoms with Gasteiger partial charge >= 0.3 is 0 Å². The van der Waals surface area contributed by atoms with Crippen LogP contribution in [0.25, 0.3) is 0 Å². The fourth-order valence-corrected chi connectivity index (χ4v) is 5.03. The van der Waals surface area contributed by atoms with Gasteiger partial charge in [-0.05, 0) is 64.3 Å². The van der Waals surface area contributed by atoms with Crippen molar-refractivity contribution < 1.29 is 18.0 Å². The molecule has 2 amide bonds. The van der Waals surface area contributed by atoms with Gasteiger partial charge < -0.3 is 10.2 Å². The molecular weight excluding hydrogens is 486 g/mol. The van der Waals surface area contributed by atoms with Crippen LogP contribution < -0.4 is 9.62 Å². The van der Waals surface area contributed by atoms with Gasteiger partial charge in [0.05, 0.1) is 11.9 Å². The van der Waals surface area contributed by atoms with Gasteiger partial charge in [0.1, 0.15) is 6.04 Å². The first-order chi connectivity index (χ1) is 16.3. The Bertz CT molecular complexity index is 1150. The van der Waals surface area contributed by atoms with Gasteiger partial charge in [0, 0.05) is 30.6 Å². The molecule has 0 aliphatic rings. The van der Waals surface area contributed by atoms with Crippen LogP contribution in [0.4, 0.5) is 5.69 Å². The lowest BCUT2D eigenvalue weighted by Gasteiger charge is -2.30. The summed E-state index contributed by atoms with van der Waals surface area (Å²) in [6.07, 6.45) is 1.52. The lowest BCUT2D eigenvalue weighted by molar-refractivity contribution is -0.140. The normalized spacial score (nSPS) is 12.3. The van der Waals surface area contributed by atoms with E-state index in [2.05, 4.69) is 5.32 Å². The molecule has 0 aromatic heterocycles. The molecule has 0 unspecified atom stereocenters. The van der Waals surface area contributed by atoms with Gasteiger partial charge in [-0.2, -0.15) is 0 Å². The minimum Gasteiger partial charge on any atom is -0.352 e. The number of hydrogen-bond acceptors (Lipinski definition) is 4. The van der Waals surface area contributed by atoms with Crippen molar-refractivity contribution in [2.45, 2.75) is 66.1 Å². The maximum atomic E-state index is 13.3. The molecule has 0 saturated carbocycles. The van der Waals surface area contributed by atoms with Crippen molar-refractivity contribution in [3.05, 3.63) is 64.2 Å². The minimum atomic E-state index is -3.59. The fourth-order valence-electron chi connectivity index (χ4n) is 3.84. The third kappa shape index (κ3) is 8.25. The van der Waals surface area contributed by atoms with Gasteiger partial charge in [-0.25, -0.2) is 8.42 Å². The number of benzene rings is 2. The summed E-state index contributed by atoms with van der Waals surface area (Å²) in [5.74, 6) is -0.442. The topological polar surface area (TPSA) is 86.8 Å². The third-order valence-corrected chi connectivity index (χ3v) is 7.28. The molecule has 7 nitrogen and oxygen atoms in total. The molecule has 2 aromatic carbocycles. The average molecular weight is 522 g/mol. The van der Waals surface area contributed by atoms with E-state index in [0.29, 0.717) is 22.7 Å². The molecule has 0 heterocycles. The predicted molar refractivity (Wildman–Crippen MR) is 142 cm³/mol. The number of rotatable bonds is 11. The van der Waals surface area contributed by atoms with Gasteiger partial charge in [0.15, 0.2) is 0 Å². The van der Waals surface area contributed by atoms with E-state index in [9.17, 15) is 18.0 Å². The number of anilines is 1. The quantitative estimate of drug-likeness (QED) is 0.473. The molecule has 0 aliphatic heterocycles. The van der Waals surface area contributed by atoms with E-state index >= 15 is 0 Å². The lowest BCUT2D eigenvalue weighted by Crippen LogP contribution is -2.49. The molecule has 1 N–H and O–H groups in total. The summed E-state index contributed by atoms with van der Waals surface area (Å²) in [7, 11) is -3.59. The van der Waals surface area contributed by atoms with Gasteiger partial charge in [-0.1, -0.05) is 47.5 Å². The molecule has 192 valence electrons. The third-order valence-electron chi connectivity index (χ3n) is 5.69. The van der Waals surface area contributed by atoms with Crippen molar-refractivity contribution in [3.8, 4) is 0 Å². The van der Waals surface area contributed by atoms with Gasteiger partial charge in [-0.3, -0.25) is 13.9 Å². The zero-order valence-corrected chi connectivity index (χ0v) is 22.9. The zero-order valence-electron chi connectivity index (χ0n) is 21.3. The first-order valence-electron chi connectivity index (χ1n) is 11.7. The highest BCUT2D eigenvalue weighted by atomic mass is 35.5. The lowest BCUT2D eigenvalue weighted by atomic mass is 10.1. The van der Waals surface area contributed by atoms with Crippen LogP contribution in [-0.2, 0) is 26.2 Å². The van der Waals surface area contributed by atoms with Gasteiger partial charge in [0.25, 0.3) is 0 Å². The van der Waals surface area contributed by atoms with Crippen LogP contribution in [-0.4, -0.2) is 50.0 Å². The summed E-state index contributed by atoms with van der Waals surface area (Å²) in [5, 5.41) is 3.34. The molecule has 2 aromatic rings. The van der Waals surface area contributed by atoms with Crippen LogP contribution in [0.15, 0.2) is 42.5 Å². The highest BCUT2D eigenvalue weighted by Gasteiger charge is 2.27. The monoisotopic (exact) mass is 521 g/mol. The Balaban J connectivity index is 2.21. The van der Waals surface area contributed by atoms with Crippen molar-refractivity contribution >= 4 is 39.1 Å². The summed E-state index contributed by atoms with van der Waals surface area (Å²) in [6.45, 7) is 9.60. The minimum absolute atomic E-state index is 0.0508. The second-order valence-electron chi connectivity index (χ2n) is 9.17. The van der Waals surface area contributed by atoms with Gasteiger partial charge in [0.2, 0.25) is 21.8 Å². The summed E-state index contributed by atoms with van der Waals surface area (Å²) in [6, 6.07) is 12.2. The maximum Gasteiger partial charge on any atom is 0.242 e. The molecule has 0 spiro atoms. The largest absolute Gasteiger partial charge is 0.352 e. The van der Waals surface area contributed by atoms with Crippen LogP contribution in [0.5, 0.6) is 0 Å². The Morgan fingerprint density at radius 1 is 1.06 bits per heavy atom. The Kier molecular flexibility index (Phi) is 10.2. The highest BCUT2D eigenvalue weighted by molar-refractivity contribution is 7.92. The second-order valence-corrected chi connectivity index (χ2v) is 11.5.